The van der Waals surface area contributed by atoms with Gasteiger partial charge in [0.2, 0.25) is 0 Å². The Hall–Kier alpha value is -3.77. The van der Waals surface area contributed by atoms with E-state index in [1.165, 1.54) is 12.1 Å². The van der Waals surface area contributed by atoms with Gasteiger partial charge in [-0.3, -0.25) is 10.1 Å². The Morgan fingerprint density at radius 3 is 2.58 bits per heavy atom. The number of nitrogens with two attached hydrogens (primary N) is 1. The summed E-state index contributed by atoms with van der Waals surface area (Å²) in [5, 5.41) is 37.2. The van der Waals surface area contributed by atoms with Crippen LogP contribution in [0, 0.1) is 21.4 Å². The third-order valence-electron chi connectivity index (χ3n) is 2.92. The van der Waals surface area contributed by atoms with Crippen LogP contribution in [0.1, 0.15) is 11.1 Å². The standard InChI is InChI=1S/C15H11N5O4/c16-9-11-8-12(20(22)23)6-7-13(11)18-19-15(24-17)14(21)10-4-2-1-3-5-10/h1-8,21H,17H2/b15-14-,19-18+. The van der Waals surface area contributed by atoms with Crippen LogP contribution in [0.25, 0.3) is 5.76 Å². The summed E-state index contributed by atoms with van der Waals surface area (Å²) in [4.78, 5) is 14.6. The fourth-order valence-electron chi connectivity index (χ4n) is 1.76. The molecule has 0 spiro atoms. The van der Waals surface area contributed by atoms with Crippen LogP contribution in [0.4, 0.5) is 11.4 Å². The van der Waals surface area contributed by atoms with E-state index in [0.717, 1.165) is 6.07 Å². The van der Waals surface area contributed by atoms with Crippen LogP contribution in [0.5, 0.6) is 0 Å². The third-order valence-corrected chi connectivity index (χ3v) is 2.92. The zero-order chi connectivity index (χ0) is 17.5. The molecule has 0 unspecified atom stereocenters. The predicted octanol–water partition coefficient (Wildman–Crippen LogP) is 3.32. The molecule has 9 heteroatoms. The lowest BCUT2D eigenvalue weighted by atomic mass is 10.2. The van der Waals surface area contributed by atoms with Gasteiger partial charge in [-0.15, -0.1) is 10.2 Å². The van der Waals surface area contributed by atoms with Gasteiger partial charge < -0.3 is 9.94 Å². The van der Waals surface area contributed by atoms with E-state index in [0.29, 0.717) is 5.56 Å². The molecule has 0 aliphatic rings. The lowest BCUT2D eigenvalue weighted by molar-refractivity contribution is -0.384. The summed E-state index contributed by atoms with van der Waals surface area (Å²) < 4.78 is 0. The van der Waals surface area contributed by atoms with Crippen molar-refractivity contribution in [3.63, 3.8) is 0 Å². The second kappa shape index (κ2) is 7.48. The fraction of sp³-hybridized carbons (Fsp3) is 0. The van der Waals surface area contributed by atoms with Crippen LogP contribution in [-0.2, 0) is 4.84 Å². The van der Waals surface area contributed by atoms with Crippen LogP contribution >= 0.6 is 0 Å². The number of nitriles is 1. The molecule has 0 atom stereocenters. The predicted molar refractivity (Wildman–Crippen MR) is 83.6 cm³/mol. The van der Waals surface area contributed by atoms with Crippen LogP contribution in [0.3, 0.4) is 0 Å². The molecule has 9 nitrogen and oxygen atoms in total. The van der Waals surface area contributed by atoms with Crippen molar-refractivity contribution >= 4 is 17.1 Å². The number of hydrogen-bond donors (Lipinski definition) is 2. The Morgan fingerprint density at radius 1 is 1.29 bits per heavy atom. The maximum absolute atomic E-state index is 10.7. The SMILES string of the molecule is N#Cc1cc([N+](=O)[O-])ccc1/N=N/C(ON)=C(/O)c1ccccc1. The van der Waals surface area contributed by atoms with Gasteiger partial charge >= 0.3 is 0 Å². The minimum Gasteiger partial charge on any atom is -0.503 e. The van der Waals surface area contributed by atoms with E-state index in [9.17, 15) is 15.2 Å². The van der Waals surface area contributed by atoms with Gasteiger partial charge in [0.1, 0.15) is 11.8 Å². The summed E-state index contributed by atoms with van der Waals surface area (Å²) >= 11 is 0. The number of azo groups is 1. The zero-order valence-corrected chi connectivity index (χ0v) is 12.2. The Bertz CT molecular complexity index is 856. The monoisotopic (exact) mass is 325 g/mol. The number of rotatable bonds is 5. The average molecular weight is 325 g/mol. The molecule has 0 aliphatic carbocycles. The number of nitro groups is 1. The number of hydrogen-bond acceptors (Lipinski definition) is 8. The molecule has 2 rings (SSSR count). The van der Waals surface area contributed by atoms with Crippen molar-refractivity contribution in [1.29, 1.82) is 5.26 Å². The summed E-state index contributed by atoms with van der Waals surface area (Å²) in [5.41, 5.74) is 0.173. The molecule has 0 bridgehead atoms. The topological polar surface area (TPSA) is 147 Å². The first-order valence-corrected chi connectivity index (χ1v) is 6.52. The first-order valence-electron chi connectivity index (χ1n) is 6.52. The molecule has 0 fully saturated rings. The lowest BCUT2D eigenvalue weighted by Gasteiger charge is -2.03. The third kappa shape index (κ3) is 3.70. The summed E-state index contributed by atoms with van der Waals surface area (Å²) in [6.45, 7) is 0. The molecule has 0 saturated heterocycles. The van der Waals surface area contributed by atoms with Crippen LogP contribution < -0.4 is 5.90 Å². The maximum atomic E-state index is 10.7. The maximum Gasteiger partial charge on any atom is 0.298 e. The van der Waals surface area contributed by atoms with Gasteiger partial charge in [0.05, 0.1) is 10.5 Å². The van der Waals surface area contributed by atoms with Crippen molar-refractivity contribution in [1.82, 2.24) is 0 Å². The zero-order valence-electron chi connectivity index (χ0n) is 12.2. The van der Waals surface area contributed by atoms with E-state index in [4.69, 9.17) is 11.2 Å². The van der Waals surface area contributed by atoms with Crippen LogP contribution in [0.2, 0.25) is 0 Å². The minimum atomic E-state index is -0.628. The Labute approximate surface area is 136 Å². The smallest absolute Gasteiger partial charge is 0.298 e. The quantitative estimate of drug-likeness (QED) is 0.373. The molecule has 3 N–H and O–H groups in total. The number of nitrogens with zero attached hydrogens (tertiary/aromatic N) is 4. The van der Waals surface area contributed by atoms with E-state index in [-0.39, 0.29) is 28.6 Å². The number of non-ortho nitro benzene ring substituents is 1. The van der Waals surface area contributed by atoms with Gasteiger partial charge in [0.15, 0.2) is 5.76 Å². The molecule has 0 aliphatic heterocycles. The van der Waals surface area contributed by atoms with E-state index in [1.54, 1.807) is 36.4 Å². The van der Waals surface area contributed by atoms with Gasteiger partial charge in [0.25, 0.3) is 11.6 Å². The Kier molecular flexibility index (Phi) is 5.17. The highest BCUT2D eigenvalue weighted by atomic mass is 16.6. The second-order valence-corrected chi connectivity index (χ2v) is 4.41. The van der Waals surface area contributed by atoms with Crippen molar-refractivity contribution in [2.45, 2.75) is 0 Å². The van der Waals surface area contributed by atoms with Gasteiger partial charge in [0, 0.05) is 17.7 Å². The summed E-state index contributed by atoms with van der Waals surface area (Å²) in [5.74, 6) is 4.37. The first-order chi connectivity index (χ1) is 11.6. The summed E-state index contributed by atoms with van der Waals surface area (Å²) in [7, 11) is 0. The molecule has 0 amide bonds. The number of nitro benzene ring substituents is 1. The van der Waals surface area contributed by atoms with E-state index in [1.807, 2.05) is 0 Å². The molecule has 0 heterocycles. The molecule has 24 heavy (non-hydrogen) atoms. The van der Waals surface area contributed by atoms with Crippen molar-refractivity contribution in [2.24, 2.45) is 16.1 Å². The van der Waals surface area contributed by atoms with Crippen molar-refractivity contribution < 1.29 is 14.9 Å². The molecule has 2 aromatic rings. The highest BCUT2D eigenvalue weighted by Gasteiger charge is 2.12. The highest BCUT2D eigenvalue weighted by Crippen LogP contribution is 2.25. The fourth-order valence-corrected chi connectivity index (χ4v) is 1.76. The van der Waals surface area contributed by atoms with Crippen molar-refractivity contribution in [2.75, 3.05) is 0 Å². The van der Waals surface area contributed by atoms with E-state index in [2.05, 4.69) is 15.1 Å². The highest BCUT2D eigenvalue weighted by molar-refractivity contribution is 5.60. The molecule has 120 valence electrons. The molecule has 0 aromatic heterocycles. The van der Waals surface area contributed by atoms with Crippen LogP contribution in [0.15, 0.2) is 64.6 Å². The lowest BCUT2D eigenvalue weighted by Crippen LogP contribution is -2.00. The molecule has 0 saturated carbocycles. The van der Waals surface area contributed by atoms with Crippen molar-refractivity contribution in [3.05, 3.63) is 75.7 Å². The van der Waals surface area contributed by atoms with Crippen LogP contribution in [-0.4, -0.2) is 10.0 Å². The second-order valence-electron chi connectivity index (χ2n) is 4.41. The molecular weight excluding hydrogens is 314 g/mol. The molecule has 0 radical (unpaired) electrons. The molecule has 2 aromatic carbocycles. The minimum absolute atomic E-state index is 0.0523. The Morgan fingerprint density at radius 2 is 2.00 bits per heavy atom. The van der Waals surface area contributed by atoms with E-state index >= 15 is 0 Å². The summed E-state index contributed by atoms with van der Waals surface area (Å²) in [6, 6.07) is 13.7. The van der Waals surface area contributed by atoms with Crippen molar-refractivity contribution in [3.8, 4) is 6.07 Å². The molecular formula is C15H11N5O4. The van der Waals surface area contributed by atoms with Gasteiger partial charge in [-0.1, -0.05) is 30.3 Å². The number of aliphatic hydroxyl groups excluding tert-OH is 1. The average Bonchev–Trinajstić information content (AvgIpc) is 2.62. The Balaban J connectivity index is 2.38. The number of aliphatic hydroxyl groups is 1. The number of benzene rings is 2. The largest absolute Gasteiger partial charge is 0.503 e. The summed E-state index contributed by atoms with van der Waals surface area (Å²) in [6.07, 6.45) is 0. The normalized spacial score (nSPS) is 11.7. The van der Waals surface area contributed by atoms with Gasteiger partial charge in [-0.25, -0.2) is 0 Å². The first kappa shape index (κ1) is 16.6. The van der Waals surface area contributed by atoms with Gasteiger partial charge in [-0.05, 0) is 6.07 Å². The van der Waals surface area contributed by atoms with Gasteiger partial charge in [-0.2, -0.15) is 11.2 Å². The van der Waals surface area contributed by atoms with E-state index < -0.39 is 4.92 Å².